The fourth-order valence-corrected chi connectivity index (χ4v) is 1.48. The Labute approximate surface area is 95.7 Å². The molecule has 0 unspecified atom stereocenters. The number of methoxy groups -OCH3 is 2. The van der Waals surface area contributed by atoms with Crippen LogP contribution in [-0.2, 0) is 0 Å². The van der Waals surface area contributed by atoms with Crippen molar-refractivity contribution < 1.29 is 14.3 Å². The van der Waals surface area contributed by atoms with E-state index in [4.69, 9.17) is 9.47 Å². The van der Waals surface area contributed by atoms with Gasteiger partial charge in [0, 0.05) is 0 Å². The molecule has 0 aliphatic rings. The lowest BCUT2D eigenvalue weighted by molar-refractivity contribution is 0.104. The first kappa shape index (κ1) is 12.3. The van der Waals surface area contributed by atoms with Crippen LogP contribution in [0.25, 0.3) is 0 Å². The summed E-state index contributed by atoms with van der Waals surface area (Å²) in [6, 6.07) is 3.51. The Kier molecular flexibility index (Phi) is 4.11. The van der Waals surface area contributed by atoms with E-state index < -0.39 is 0 Å². The quantitative estimate of drug-likeness (QED) is 0.578. The molecular formula is C13H16O3. The van der Waals surface area contributed by atoms with Gasteiger partial charge in [-0.25, -0.2) is 0 Å². The van der Waals surface area contributed by atoms with Gasteiger partial charge in [0.2, 0.25) is 0 Å². The van der Waals surface area contributed by atoms with Gasteiger partial charge in [0.05, 0.1) is 19.8 Å². The number of hydrogen-bond acceptors (Lipinski definition) is 3. The summed E-state index contributed by atoms with van der Waals surface area (Å²) < 4.78 is 10.4. The largest absolute Gasteiger partial charge is 0.496 e. The summed E-state index contributed by atoms with van der Waals surface area (Å²) in [4.78, 5) is 11.8. The molecule has 0 saturated carbocycles. The molecule has 1 aromatic rings. The number of carbonyl (C=O) groups is 1. The van der Waals surface area contributed by atoms with Crippen LogP contribution in [-0.4, -0.2) is 20.0 Å². The minimum Gasteiger partial charge on any atom is -0.496 e. The van der Waals surface area contributed by atoms with Crippen molar-refractivity contribution in [3.63, 3.8) is 0 Å². The van der Waals surface area contributed by atoms with Crippen LogP contribution in [0.2, 0.25) is 0 Å². The van der Waals surface area contributed by atoms with Crippen molar-refractivity contribution in [1.29, 1.82) is 0 Å². The maximum atomic E-state index is 11.8. The minimum atomic E-state index is -0.0855. The standard InChI is InChI=1S/C13H16O3/c1-5-6-11(14)10-8-12(15-3)9(2)7-13(10)16-4/h5-8H,1-4H3/b6-5-. The molecule has 0 saturated heterocycles. The predicted molar refractivity (Wildman–Crippen MR) is 63.4 cm³/mol. The van der Waals surface area contributed by atoms with Gasteiger partial charge in [0.15, 0.2) is 5.78 Å². The third-order valence-corrected chi connectivity index (χ3v) is 2.30. The average Bonchev–Trinajstić information content (AvgIpc) is 2.28. The predicted octanol–water partition coefficient (Wildman–Crippen LogP) is 2.77. The van der Waals surface area contributed by atoms with Crippen LogP contribution in [0.1, 0.15) is 22.8 Å². The van der Waals surface area contributed by atoms with Crippen LogP contribution in [0.15, 0.2) is 24.3 Å². The van der Waals surface area contributed by atoms with Gasteiger partial charge in [-0.3, -0.25) is 4.79 Å². The van der Waals surface area contributed by atoms with E-state index in [1.165, 1.54) is 6.08 Å². The van der Waals surface area contributed by atoms with Crippen LogP contribution in [0.5, 0.6) is 11.5 Å². The topological polar surface area (TPSA) is 35.5 Å². The van der Waals surface area contributed by atoms with Gasteiger partial charge in [0.25, 0.3) is 0 Å². The molecule has 0 amide bonds. The van der Waals surface area contributed by atoms with E-state index in [2.05, 4.69) is 0 Å². The molecule has 1 aromatic carbocycles. The normalized spacial score (nSPS) is 10.5. The van der Waals surface area contributed by atoms with Crippen LogP contribution in [0.3, 0.4) is 0 Å². The van der Waals surface area contributed by atoms with Crippen molar-refractivity contribution in [2.24, 2.45) is 0 Å². The monoisotopic (exact) mass is 220 g/mol. The molecule has 86 valence electrons. The molecule has 0 aromatic heterocycles. The van der Waals surface area contributed by atoms with Gasteiger partial charge in [-0.15, -0.1) is 0 Å². The molecular weight excluding hydrogens is 204 g/mol. The zero-order chi connectivity index (χ0) is 12.1. The van der Waals surface area contributed by atoms with E-state index >= 15 is 0 Å². The Morgan fingerprint density at radius 3 is 2.31 bits per heavy atom. The SMILES string of the molecule is C/C=C\C(=O)c1cc(OC)c(C)cc1OC. The molecule has 16 heavy (non-hydrogen) atoms. The maximum absolute atomic E-state index is 11.8. The van der Waals surface area contributed by atoms with E-state index in [-0.39, 0.29) is 5.78 Å². The van der Waals surface area contributed by atoms with E-state index in [0.717, 1.165) is 5.56 Å². The lowest BCUT2D eigenvalue weighted by Crippen LogP contribution is -2.01. The first-order chi connectivity index (χ1) is 7.63. The van der Waals surface area contributed by atoms with E-state index in [9.17, 15) is 4.79 Å². The van der Waals surface area contributed by atoms with Crippen molar-refractivity contribution in [1.82, 2.24) is 0 Å². The van der Waals surface area contributed by atoms with Crippen LogP contribution < -0.4 is 9.47 Å². The highest BCUT2D eigenvalue weighted by molar-refractivity contribution is 6.06. The number of allylic oxidation sites excluding steroid dienone is 2. The van der Waals surface area contributed by atoms with Crippen LogP contribution >= 0.6 is 0 Å². The second kappa shape index (κ2) is 5.35. The molecule has 0 heterocycles. The molecule has 0 bridgehead atoms. The summed E-state index contributed by atoms with van der Waals surface area (Å²) in [5, 5.41) is 0. The highest BCUT2D eigenvalue weighted by Crippen LogP contribution is 2.28. The van der Waals surface area contributed by atoms with Gasteiger partial charge in [-0.2, -0.15) is 0 Å². The van der Waals surface area contributed by atoms with Crippen molar-refractivity contribution in [2.75, 3.05) is 14.2 Å². The number of benzene rings is 1. The number of ether oxygens (including phenoxy) is 2. The van der Waals surface area contributed by atoms with E-state index in [0.29, 0.717) is 17.1 Å². The van der Waals surface area contributed by atoms with Gasteiger partial charge in [-0.1, -0.05) is 6.08 Å². The maximum Gasteiger partial charge on any atom is 0.189 e. The first-order valence-electron chi connectivity index (χ1n) is 5.03. The van der Waals surface area contributed by atoms with Crippen LogP contribution in [0, 0.1) is 6.92 Å². The number of aryl methyl sites for hydroxylation is 1. The minimum absolute atomic E-state index is 0.0855. The highest BCUT2D eigenvalue weighted by Gasteiger charge is 2.13. The second-order valence-corrected chi connectivity index (χ2v) is 3.39. The molecule has 0 fully saturated rings. The van der Waals surface area contributed by atoms with Crippen LogP contribution in [0.4, 0.5) is 0 Å². The van der Waals surface area contributed by atoms with Crippen molar-refractivity contribution >= 4 is 5.78 Å². The first-order valence-corrected chi connectivity index (χ1v) is 5.03. The van der Waals surface area contributed by atoms with Gasteiger partial charge in [0.1, 0.15) is 11.5 Å². The summed E-state index contributed by atoms with van der Waals surface area (Å²) in [6.07, 6.45) is 3.21. The zero-order valence-corrected chi connectivity index (χ0v) is 10.0. The summed E-state index contributed by atoms with van der Waals surface area (Å²) in [7, 11) is 3.13. The van der Waals surface area contributed by atoms with Gasteiger partial charge >= 0.3 is 0 Å². The summed E-state index contributed by atoms with van der Waals surface area (Å²) in [5.41, 5.74) is 1.46. The average molecular weight is 220 g/mol. The highest BCUT2D eigenvalue weighted by atomic mass is 16.5. The Balaban J connectivity index is 3.30. The Morgan fingerprint density at radius 1 is 1.19 bits per heavy atom. The second-order valence-electron chi connectivity index (χ2n) is 3.39. The number of carbonyl (C=O) groups excluding carboxylic acids is 1. The molecule has 1 rings (SSSR count). The molecule has 0 atom stereocenters. The lowest BCUT2D eigenvalue weighted by atomic mass is 10.1. The van der Waals surface area contributed by atoms with Crippen molar-refractivity contribution in [2.45, 2.75) is 13.8 Å². The molecule has 3 heteroatoms. The number of ketones is 1. The fraction of sp³-hybridized carbons (Fsp3) is 0.308. The van der Waals surface area contributed by atoms with Gasteiger partial charge < -0.3 is 9.47 Å². The van der Waals surface area contributed by atoms with Gasteiger partial charge in [-0.05, 0) is 37.6 Å². The third-order valence-electron chi connectivity index (χ3n) is 2.30. The van der Waals surface area contributed by atoms with Crippen molar-refractivity contribution in [3.05, 3.63) is 35.4 Å². The Morgan fingerprint density at radius 2 is 1.81 bits per heavy atom. The smallest absolute Gasteiger partial charge is 0.189 e. The molecule has 0 spiro atoms. The number of hydrogen-bond donors (Lipinski definition) is 0. The van der Waals surface area contributed by atoms with Crippen molar-refractivity contribution in [3.8, 4) is 11.5 Å². The molecule has 0 aliphatic heterocycles. The Bertz CT molecular complexity index is 419. The van der Waals surface area contributed by atoms with E-state index in [1.807, 2.05) is 6.92 Å². The molecule has 0 N–H and O–H groups in total. The molecule has 0 aliphatic carbocycles. The molecule has 0 radical (unpaired) electrons. The third kappa shape index (κ3) is 2.42. The number of rotatable bonds is 4. The molecule has 3 nitrogen and oxygen atoms in total. The summed E-state index contributed by atoms with van der Waals surface area (Å²) in [6.45, 7) is 3.71. The lowest BCUT2D eigenvalue weighted by Gasteiger charge is -2.10. The summed E-state index contributed by atoms with van der Waals surface area (Å²) >= 11 is 0. The summed E-state index contributed by atoms with van der Waals surface area (Å²) in [5.74, 6) is 1.17. The fourth-order valence-electron chi connectivity index (χ4n) is 1.48. The Hall–Kier alpha value is -1.77. The zero-order valence-electron chi connectivity index (χ0n) is 10.0. The van der Waals surface area contributed by atoms with E-state index in [1.54, 1.807) is 39.4 Å².